The molecule has 1 fully saturated rings. The first-order valence-electron chi connectivity index (χ1n) is 15.3. The number of ether oxygens (including phenoxy) is 4. The molecule has 2 aromatic heterocycles. The number of hydrogen-bond donors (Lipinski definition) is 2. The molecule has 1 unspecified atom stereocenters. The van der Waals surface area contributed by atoms with Crippen LogP contribution in [0.3, 0.4) is 0 Å². The Morgan fingerprint density at radius 2 is 1.87 bits per heavy atom. The second-order valence-electron chi connectivity index (χ2n) is 12.0. The number of fused-ring (bicyclic) bond motifs is 1. The summed E-state index contributed by atoms with van der Waals surface area (Å²) in [4.78, 5) is 42.9. The number of anilines is 1. The van der Waals surface area contributed by atoms with Crippen molar-refractivity contribution in [1.82, 2.24) is 19.7 Å². The smallest absolute Gasteiger partial charge is 0.323 e. The van der Waals surface area contributed by atoms with E-state index in [9.17, 15) is 24.2 Å². The third-order valence-electron chi connectivity index (χ3n) is 7.96. The number of nitrogens with one attached hydrogen (secondary N) is 1. The lowest BCUT2D eigenvalue weighted by molar-refractivity contribution is -0.173. The highest BCUT2D eigenvalue weighted by Gasteiger charge is 2.50. The number of hydrogen-bond acceptors (Lipinski definition) is 13. The fourth-order valence-electron chi connectivity index (χ4n) is 4.92. The van der Waals surface area contributed by atoms with Crippen LogP contribution >= 0.6 is 8.18 Å². The molecule has 16 heteroatoms. The highest BCUT2D eigenvalue weighted by Crippen LogP contribution is 2.38. The van der Waals surface area contributed by atoms with Crippen LogP contribution in [-0.2, 0) is 42.4 Å². The number of carbonyl (C=O) groups is 3. The second kappa shape index (κ2) is 16.9. The zero-order chi connectivity index (χ0) is 34.0. The summed E-state index contributed by atoms with van der Waals surface area (Å²) in [5.41, 5.74) is 4.85. The maximum atomic E-state index is 13.2. The van der Waals surface area contributed by atoms with E-state index in [1.54, 1.807) is 39.8 Å². The number of nitrogens with two attached hydrogens (primary N) is 1. The number of Topliss-reactive ketones (excluding diaryl/α,β-unsaturated/α-hetero) is 1. The highest BCUT2D eigenvalue weighted by atomic mass is 31.1. The van der Waals surface area contributed by atoms with Gasteiger partial charge in [-0.1, -0.05) is 27.7 Å². The van der Waals surface area contributed by atoms with Crippen molar-refractivity contribution in [2.24, 2.45) is 17.8 Å². The van der Waals surface area contributed by atoms with Crippen molar-refractivity contribution in [2.75, 3.05) is 39.3 Å². The van der Waals surface area contributed by atoms with Crippen molar-refractivity contribution in [2.45, 2.75) is 77.5 Å². The summed E-state index contributed by atoms with van der Waals surface area (Å²) in [5, 5.41) is 17.4. The van der Waals surface area contributed by atoms with Crippen LogP contribution in [-0.4, -0.2) is 83.6 Å². The largest absolute Gasteiger partial charge is 0.464 e. The molecule has 2 aromatic rings. The van der Waals surface area contributed by atoms with Crippen LogP contribution in [0.4, 0.5) is 5.82 Å². The van der Waals surface area contributed by atoms with Gasteiger partial charge in [-0.15, -0.1) is 0 Å². The minimum atomic E-state index is -3.16. The topological polar surface area (TPSA) is 206 Å². The molecule has 0 saturated carbocycles. The van der Waals surface area contributed by atoms with Crippen LogP contribution in [0.25, 0.3) is 5.52 Å². The van der Waals surface area contributed by atoms with Crippen molar-refractivity contribution in [3.63, 3.8) is 0 Å². The Balaban J connectivity index is 1.90. The van der Waals surface area contributed by atoms with Crippen LogP contribution in [0, 0.1) is 29.1 Å². The van der Waals surface area contributed by atoms with Crippen molar-refractivity contribution in [3.05, 3.63) is 24.2 Å². The number of nitriles is 1. The van der Waals surface area contributed by atoms with Gasteiger partial charge in [-0.3, -0.25) is 18.9 Å². The Labute approximate surface area is 269 Å². The van der Waals surface area contributed by atoms with Gasteiger partial charge in [-0.25, -0.2) is 14.6 Å². The van der Waals surface area contributed by atoms with Gasteiger partial charge in [-0.2, -0.15) is 10.4 Å². The summed E-state index contributed by atoms with van der Waals surface area (Å²) in [6, 6.07) is 4.38. The molecule has 15 nitrogen and oxygen atoms in total. The van der Waals surface area contributed by atoms with E-state index in [4.69, 9.17) is 29.2 Å². The van der Waals surface area contributed by atoms with E-state index < -0.39 is 62.2 Å². The molecule has 0 aromatic carbocycles. The number of aromatic nitrogens is 3. The molecule has 5 atom stereocenters. The number of nitrogen functional groups attached to an aromatic ring is 1. The summed E-state index contributed by atoms with van der Waals surface area (Å²) in [7, 11) is -1.94. The Hall–Kier alpha value is -3.41. The SMILES string of the molecule is CO[C@](C#N)(CO[PH](=O)N[C@@H](C)C(=O)OCC1CCOCC1)[C@@H](OC(=O)C(C)C)[C@@H](CC(=O)C(C)C)c1ccc2c(N)ncnn12. The summed E-state index contributed by atoms with van der Waals surface area (Å²) in [6.45, 7) is 9.00. The molecule has 254 valence electrons. The van der Waals surface area contributed by atoms with Gasteiger partial charge in [0.1, 0.15) is 36.3 Å². The lowest BCUT2D eigenvalue weighted by Gasteiger charge is -2.38. The Bertz CT molecular complexity index is 1420. The van der Waals surface area contributed by atoms with Crippen LogP contribution < -0.4 is 10.8 Å². The molecule has 3 heterocycles. The maximum absolute atomic E-state index is 13.2. The van der Waals surface area contributed by atoms with Gasteiger partial charge >= 0.3 is 11.9 Å². The first-order chi connectivity index (χ1) is 21.8. The van der Waals surface area contributed by atoms with E-state index in [-0.39, 0.29) is 30.5 Å². The van der Waals surface area contributed by atoms with Gasteiger partial charge in [0, 0.05) is 38.6 Å². The molecular formula is C30H45N6O9P. The average Bonchev–Trinajstić information content (AvgIpc) is 3.48. The Morgan fingerprint density at radius 1 is 1.17 bits per heavy atom. The summed E-state index contributed by atoms with van der Waals surface area (Å²) in [6.07, 6.45) is 1.21. The van der Waals surface area contributed by atoms with E-state index in [2.05, 4.69) is 15.2 Å². The number of rotatable bonds is 17. The lowest BCUT2D eigenvalue weighted by Crippen LogP contribution is -2.53. The van der Waals surface area contributed by atoms with Crippen LogP contribution in [0.1, 0.15) is 65.5 Å². The molecule has 1 aliphatic rings. The first-order valence-corrected chi connectivity index (χ1v) is 16.6. The van der Waals surface area contributed by atoms with Crippen LogP contribution in [0.5, 0.6) is 0 Å². The van der Waals surface area contributed by atoms with Gasteiger partial charge in [-0.05, 0) is 37.8 Å². The molecule has 0 amide bonds. The predicted octanol–water partition coefficient (Wildman–Crippen LogP) is 2.84. The van der Waals surface area contributed by atoms with E-state index >= 15 is 0 Å². The van der Waals surface area contributed by atoms with Crippen LogP contribution in [0.2, 0.25) is 0 Å². The quantitative estimate of drug-likeness (QED) is 0.184. The third kappa shape index (κ3) is 9.33. The predicted molar refractivity (Wildman–Crippen MR) is 167 cm³/mol. The van der Waals surface area contributed by atoms with Crippen molar-refractivity contribution in [3.8, 4) is 6.07 Å². The normalized spacial score (nSPS) is 18.0. The van der Waals surface area contributed by atoms with Crippen molar-refractivity contribution < 1.29 is 42.4 Å². The molecule has 0 radical (unpaired) electrons. The number of methoxy groups -OCH3 is 1. The molecule has 3 N–H and O–H groups in total. The van der Waals surface area contributed by atoms with E-state index in [0.29, 0.717) is 24.4 Å². The molecule has 0 aliphatic carbocycles. The molecule has 1 saturated heterocycles. The standard InChI is InChI=1S/C30H45N6O9P/c1-18(2)25(37)13-22(23-7-8-24-27(32)33-17-34-36(23)24)26(45-28(38)19(3)4)30(15-31,41-6)16-44-46(40)35-20(5)29(39)43-14-21-9-11-42-12-10-21/h7-8,17-22,26,46H,9-14,16H2,1-6H3,(H,35,40)(H2,32,33,34)/t20-,22-,26-,30+/m0/s1. The van der Waals surface area contributed by atoms with E-state index in [1.807, 2.05) is 6.07 Å². The Morgan fingerprint density at radius 3 is 2.48 bits per heavy atom. The number of ketones is 1. The van der Waals surface area contributed by atoms with Crippen LogP contribution in [0.15, 0.2) is 18.5 Å². The zero-order valence-electron chi connectivity index (χ0n) is 27.2. The maximum Gasteiger partial charge on any atom is 0.323 e. The number of carbonyl (C=O) groups excluding carboxylic acids is 3. The van der Waals surface area contributed by atoms with E-state index in [1.165, 1.54) is 24.9 Å². The molecule has 0 spiro atoms. The molecular weight excluding hydrogens is 619 g/mol. The van der Waals surface area contributed by atoms with Gasteiger partial charge in [0.05, 0.1) is 18.2 Å². The summed E-state index contributed by atoms with van der Waals surface area (Å²) in [5.74, 6) is -3.05. The van der Waals surface area contributed by atoms with Gasteiger partial charge in [0.25, 0.3) is 8.18 Å². The number of nitrogens with zero attached hydrogens (tertiary/aromatic N) is 4. The first kappa shape index (κ1) is 37.1. The van der Waals surface area contributed by atoms with Crippen molar-refractivity contribution >= 4 is 37.2 Å². The number of esters is 2. The minimum absolute atomic E-state index is 0.167. The van der Waals surface area contributed by atoms with Gasteiger partial charge in [0.15, 0.2) is 11.9 Å². The van der Waals surface area contributed by atoms with E-state index in [0.717, 1.165) is 12.8 Å². The molecule has 46 heavy (non-hydrogen) atoms. The highest BCUT2D eigenvalue weighted by molar-refractivity contribution is 7.36. The average molecular weight is 665 g/mol. The lowest BCUT2D eigenvalue weighted by atomic mass is 9.81. The third-order valence-corrected chi connectivity index (χ3v) is 9.03. The summed E-state index contributed by atoms with van der Waals surface area (Å²) >= 11 is 0. The fourth-order valence-corrected chi connectivity index (χ4v) is 5.82. The fraction of sp³-hybridized carbons (Fsp3) is 0.667. The molecule has 1 aliphatic heterocycles. The molecule has 0 bridgehead atoms. The summed E-state index contributed by atoms with van der Waals surface area (Å²) < 4.78 is 42.4. The molecule has 3 rings (SSSR count). The monoisotopic (exact) mass is 664 g/mol. The Kier molecular flexibility index (Phi) is 13.6. The van der Waals surface area contributed by atoms with Crippen molar-refractivity contribution in [1.29, 1.82) is 5.26 Å². The minimum Gasteiger partial charge on any atom is -0.464 e. The second-order valence-corrected chi connectivity index (χ2v) is 13.1. The van der Waals surface area contributed by atoms with Gasteiger partial charge < -0.3 is 29.2 Å². The zero-order valence-corrected chi connectivity index (χ0v) is 28.2. The van der Waals surface area contributed by atoms with Gasteiger partial charge in [0.2, 0.25) is 5.60 Å².